The average molecular weight is 325 g/mol. The van der Waals surface area contributed by atoms with E-state index >= 15 is 0 Å². The molecule has 124 valence electrons. The topological polar surface area (TPSA) is 60.7 Å². The van der Waals surface area contributed by atoms with E-state index < -0.39 is 0 Å². The van der Waals surface area contributed by atoms with Crippen molar-refractivity contribution in [2.75, 3.05) is 28.4 Å². The van der Waals surface area contributed by atoms with Crippen LogP contribution in [0.25, 0.3) is 17.2 Å². The predicted octanol–water partition coefficient (Wildman–Crippen LogP) is 3.92. The Morgan fingerprint density at radius 1 is 0.792 bits per heavy atom. The fourth-order valence-corrected chi connectivity index (χ4v) is 2.49. The van der Waals surface area contributed by atoms with Crippen LogP contribution in [0.5, 0.6) is 23.0 Å². The second kappa shape index (κ2) is 7.93. The summed E-state index contributed by atoms with van der Waals surface area (Å²) in [7, 11) is 6.32. The first-order valence-corrected chi connectivity index (χ1v) is 7.23. The second-order valence-corrected chi connectivity index (χ2v) is 4.80. The molecule has 5 nitrogen and oxygen atoms in total. The minimum Gasteiger partial charge on any atom is -0.496 e. The summed E-state index contributed by atoms with van der Waals surface area (Å²) in [5.74, 6) is 2.33. The number of benzene rings is 2. The molecule has 0 aliphatic rings. The zero-order valence-electron chi connectivity index (χ0n) is 14.1. The first kappa shape index (κ1) is 17.2. The van der Waals surface area contributed by atoms with E-state index in [2.05, 4.69) is 0 Å². The van der Waals surface area contributed by atoms with Crippen LogP contribution in [-0.4, -0.2) is 28.4 Å². The largest absolute Gasteiger partial charge is 0.496 e. The maximum atomic E-state index is 8.71. The van der Waals surface area contributed by atoms with Gasteiger partial charge in [0.05, 0.1) is 34.5 Å². The van der Waals surface area contributed by atoms with Crippen molar-refractivity contribution in [1.82, 2.24) is 0 Å². The number of hydrogen-bond acceptors (Lipinski definition) is 5. The van der Waals surface area contributed by atoms with Crippen molar-refractivity contribution in [2.45, 2.75) is 0 Å². The molecule has 0 aromatic heterocycles. The molecule has 0 aliphatic carbocycles. The predicted molar refractivity (Wildman–Crippen MR) is 92.7 cm³/mol. The van der Waals surface area contributed by atoms with Crippen LogP contribution < -0.4 is 18.9 Å². The Hall–Kier alpha value is -3.13. The number of nitrogens with zero attached hydrogens (tertiary/aromatic N) is 1. The molecule has 0 saturated carbocycles. The average Bonchev–Trinajstić information content (AvgIpc) is 2.64. The number of nitriles is 1. The van der Waals surface area contributed by atoms with Gasteiger partial charge in [-0.3, -0.25) is 0 Å². The highest BCUT2D eigenvalue weighted by molar-refractivity contribution is 5.81. The molecule has 0 unspecified atom stereocenters. The Kier molecular flexibility index (Phi) is 5.69. The van der Waals surface area contributed by atoms with Crippen LogP contribution in [0.1, 0.15) is 5.56 Å². The maximum Gasteiger partial charge on any atom is 0.203 e. The van der Waals surface area contributed by atoms with Crippen LogP contribution in [0.4, 0.5) is 0 Å². The summed E-state index contributed by atoms with van der Waals surface area (Å²) in [4.78, 5) is 0. The van der Waals surface area contributed by atoms with Crippen LogP contribution in [-0.2, 0) is 0 Å². The van der Waals surface area contributed by atoms with Crippen molar-refractivity contribution in [1.29, 1.82) is 5.26 Å². The van der Waals surface area contributed by atoms with Crippen molar-refractivity contribution < 1.29 is 18.9 Å². The summed E-state index contributed by atoms with van der Waals surface area (Å²) in [6.45, 7) is 0. The van der Waals surface area contributed by atoms with Crippen LogP contribution in [0.2, 0.25) is 0 Å². The van der Waals surface area contributed by atoms with Gasteiger partial charge in [-0.05, 0) is 35.9 Å². The first-order valence-electron chi connectivity index (χ1n) is 7.23. The van der Waals surface area contributed by atoms with E-state index in [-0.39, 0.29) is 0 Å². The smallest absolute Gasteiger partial charge is 0.203 e. The number of methoxy groups -OCH3 is 4. The molecule has 0 N–H and O–H groups in total. The molecule has 2 rings (SSSR count). The van der Waals surface area contributed by atoms with Crippen molar-refractivity contribution >= 4 is 6.08 Å². The summed E-state index contributed by atoms with van der Waals surface area (Å²) < 4.78 is 21.8. The standard InChI is InChI=1S/C19H19NO4/c1-21-16-9-7-13(6-5-11-20)12-15(16)14-8-10-17(22-2)19(24-4)18(14)23-3/h5-10,12H,1-4H3/b6-5-. The van der Waals surface area contributed by atoms with E-state index in [1.807, 2.05) is 36.4 Å². The van der Waals surface area contributed by atoms with E-state index in [9.17, 15) is 0 Å². The lowest BCUT2D eigenvalue weighted by Crippen LogP contribution is -1.98. The number of hydrogen-bond donors (Lipinski definition) is 0. The van der Waals surface area contributed by atoms with Gasteiger partial charge in [-0.15, -0.1) is 0 Å². The molecule has 0 fully saturated rings. The monoisotopic (exact) mass is 325 g/mol. The summed E-state index contributed by atoms with van der Waals surface area (Å²) in [6, 6.07) is 11.3. The third-order valence-corrected chi connectivity index (χ3v) is 3.57. The molecule has 5 heteroatoms. The van der Waals surface area contributed by atoms with Gasteiger partial charge in [0.25, 0.3) is 0 Å². The van der Waals surface area contributed by atoms with Gasteiger partial charge in [0, 0.05) is 17.2 Å². The number of rotatable bonds is 6. The van der Waals surface area contributed by atoms with Gasteiger partial charge in [-0.25, -0.2) is 0 Å². The molecule has 0 aliphatic heterocycles. The molecule has 24 heavy (non-hydrogen) atoms. The highest BCUT2D eigenvalue weighted by Gasteiger charge is 2.19. The molecule has 0 amide bonds. The van der Waals surface area contributed by atoms with Crippen molar-refractivity contribution in [3.8, 4) is 40.2 Å². The summed E-state index contributed by atoms with van der Waals surface area (Å²) >= 11 is 0. The fraction of sp³-hybridized carbons (Fsp3) is 0.211. The van der Waals surface area contributed by atoms with Gasteiger partial charge in [-0.2, -0.15) is 5.26 Å². The molecule has 2 aromatic carbocycles. The Morgan fingerprint density at radius 3 is 2.04 bits per heavy atom. The van der Waals surface area contributed by atoms with Crippen LogP contribution in [0, 0.1) is 11.3 Å². The molecule has 0 saturated heterocycles. The van der Waals surface area contributed by atoms with Crippen molar-refractivity contribution in [3.05, 3.63) is 42.0 Å². The minimum atomic E-state index is 0.512. The summed E-state index contributed by atoms with van der Waals surface area (Å²) in [5.41, 5.74) is 2.51. The zero-order chi connectivity index (χ0) is 17.5. The van der Waals surface area contributed by atoms with Gasteiger partial charge < -0.3 is 18.9 Å². The third-order valence-electron chi connectivity index (χ3n) is 3.57. The quantitative estimate of drug-likeness (QED) is 0.753. The van der Waals surface area contributed by atoms with Gasteiger partial charge in [-0.1, -0.05) is 6.07 Å². The number of allylic oxidation sites excluding steroid dienone is 1. The molecule has 0 atom stereocenters. The lowest BCUT2D eigenvalue weighted by atomic mass is 9.99. The Bertz CT molecular complexity index is 791. The Morgan fingerprint density at radius 2 is 1.46 bits per heavy atom. The molecule has 0 bridgehead atoms. The maximum absolute atomic E-state index is 8.71. The molecule has 0 heterocycles. The third kappa shape index (κ3) is 3.28. The lowest BCUT2D eigenvalue weighted by molar-refractivity contribution is 0.325. The van der Waals surface area contributed by atoms with Crippen molar-refractivity contribution in [2.24, 2.45) is 0 Å². The molecular weight excluding hydrogens is 306 g/mol. The van der Waals surface area contributed by atoms with Gasteiger partial charge >= 0.3 is 0 Å². The SMILES string of the molecule is COc1ccc(/C=C\C#N)cc1-c1ccc(OC)c(OC)c1OC. The van der Waals surface area contributed by atoms with E-state index in [4.69, 9.17) is 24.2 Å². The molecular formula is C19H19NO4. The summed E-state index contributed by atoms with van der Waals surface area (Å²) in [6.07, 6.45) is 3.16. The van der Waals surface area contributed by atoms with Crippen LogP contribution >= 0.6 is 0 Å². The molecule has 0 radical (unpaired) electrons. The van der Waals surface area contributed by atoms with Gasteiger partial charge in [0.2, 0.25) is 5.75 Å². The second-order valence-electron chi connectivity index (χ2n) is 4.80. The molecule has 2 aromatic rings. The Balaban J connectivity index is 2.70. The van der Waals surface area contributed by atoms with E-state index in [0.29, 0.717) is 23.0 Å². The van der Waals surface area contributed by atoms with E-state index in [1.165, 1.54) is 6.08 Å². The van der Waals surface area contributed by atoms with E-state index in [1.54, 1.807) is 34.5 Å². The van der Waals surface area contributed by atoms with Crippen LogP contribution in [0.15, 0.2) is 36.4 Å². The minimum absolute atomic E-state index is 0.512. The van der Waals surface area contributed by atoms with E-state index in [0.717, 1.165) is 16.7 Å². The lowest BCUT2D eigenvalue weighted by Gasteiger charge is -2.17. The fourth-order valence-electron chi connectivity index (χ4n) is 2.49. The van der Waals surface area contributed by atoms with Gasteiger partial charge in [0.15, 0.2) is 11.5 Å². The molecule has 0 spiro atoms. The van der Waals surface area contributed by atoms with Crippen molar-refractivity contribution in [3.63, 3.8) is 0 Å². The van der Waals surface area contributed by atoms with Gasteiger partial charge in [0.1, 0.15) is 5.75 Å². The number of ether oxygens (including phenoxy) is 4. The normalized spacial score (nSPS) is 10.3. The highest BCUT2D eigenvalue weighted by atomic mass is 16.5. The Labute approximate surface area is 141 Å². The highest BCUT2D eigenvalue weighted by Crippen LogP contribution is 2.46. The zero-order valence-corrected chi connectivity index (χ0v) is 14.1. The van der Waals surface area contributed by atoms with Crippen LogP contribution in [0.3, 0.4) is 0 Å². The first-order chi connectivity index (χ1) is 11.7. The summed E-state index contributed by atoms with van der Waals surface area (Å²) in [5, 5.41) is 8.71.